The minimum Gasteiger partial charge on any atom is -0.399 e. The summed E-state index contributed by atoms with van der Waals surface area (Å²) in [6, 6.07) is 5.13. The summed E-state index contributed by atoms with van der Waals surface area (Å²) >= 11 is 0. The number of amides is 1. The fourth-order valence-corrected chi connectivity index (χ4v) is 5.89. The fraction of sp³-hybridized carbons (Fsp3) is 0.654. The van der Waals surface area contributed by atoms with Crippen LogP contribution >= 0.6 is 0 Å². The number of carbonyl (C=O) groups is 1. The topological polar surface area (TPSA) is 71.8 Å². The van der Waals surface area contributed by atoms with E-state index < -0.39 is 0 Å². The van der Waals surface area contributed by atoms with E-state index in [1.165, 1.54) is 25.7 Å². The van der Waals surface area contributed by atoms with Crippen LogP contribution in [-0.4, -0.2) is 52.8 Å². The van der Waals surface area contributed by atoms with E-state index >= 15 is 0 Å². The summed E-state index contributed by atoms with van der Waals surface area (Å²) in [6.07, 6.45) is 11.2. The molecule has 0 bridgehead atoms. The van der Waals surface area contributed by atoms with Crippen molar-refractivity contribution in [2.75, 3.05) is 20.2 Å². The van der Waals surface area contributed by atoms with Gasteiger partial charge in [0.25, 0.3) is 0 Å². The maximum atomic E-state index is 11.7. The highest BCUT2D eigenvalue weighted by molar-refractivity contribution is 6.00. The Labute approximate surface area is 197 Å². The van der Waals surface area contributed by atoms with Gasteiger partial charge in [-0.2, -0.15) is 0 Å². The molecule has 1 saturated heterocycles. The molecule has 3 heterocycles. The van der Waals surface area contributed by atoms with Gasteiger partial charge in [0.2, 0.25) is 5.91 Å². The van der Waals surface area contributed by atoms with E-state index in [1.807, 2.05) is 12.3 Å². The average molecular weight is 454 g/mol. The van der Waals surface area contributed by atoms with Gasteiger partial charge in [-0.3, -0.25) is 4.79 Å². The summed E-state index contributed by atoms with van der Waals surface area (Å²) in [6.45, 7) is 8.99. The lowest BCUT2D eigenvalue weighted by atomic mass is 9.79. The molecule has 4 rings (SSSR count). The molecule has 1 aliphatic carbocycles. The molecule has 2 aliphatic rings. The second-order valence-corrected chi connectivity index (χ2v) is 10.0. The first kappa shape index (κ1) is 23.7. The van der Waals surface area contributed by atoms with Crippen LogP contribution in [0, 0.1) is 11.8 Å². The predicted molar refractivity (Wildman–Crippen MR) is 132 cm³/mol. The number of nitrogens with zero attached hydrogens (tertiary/aromatic N) is 4. The fourth-order valence-electron chi connectivity index (χ4n) is 5.89. The maximum absolute atomic E-state index is 11.7. The second-order valence-electron chi connectivity index (χ2n) is 10.0. The molecule has 2 aromatic heterocycles. The van der Waals surface area contributed by atoms with Gasteiger partial charge >= 0.3 is 0 Å². The molecule has 1 N–H and O–H groups in total. The highest BCUT2D eigenvalue weighted by atomic mass is 16.6. The van der Waals surface area contributed by atoms with Crippen molar-refractivity contribution in [2.45, 2.75) is 77.9 Å². The van der Waals surface area contributed by atoms with Gasteiger partial charge in [-0.25, -0.2) is 4.98 Å². The van der Waals surface area contributed by atoms with Crippen LogP contribution in [0.15, 0.2) is 23.5 Å². The number of likely N-dealkylation sites (tertiary alicyclic amines) is 1. The third-order valence-electron chi connectivity index (χ3n) is 7.76. The Morgan fingerprint density at radius 2 is 1.94 bits per heavy atom. The molecule has 7 heteroatoms. The first-order valence-corrected chi connectivity index (χ1v) is 12.5. The Hall–Kier alpha value is -2.41. The van der Waals surface area contributed by atoms with Crippen molar-refractivity contribution in [1.82, 2.24) is 19.8 Å². The Morgan fingerprint density at radius 3 is 2.58 bits per heavy atom. The lowest BCUT2D eigenvalue weighted by molar-refractivity contribution is -0.119. The molecule has 0 radical (unpaired) electrons. The molecule has 7 nitrogen and oxygen atoms in total. The van der Waals surface area contributed by atoms with E-state index in [2.05, 4.69) is 39.9 Å². The number of aromatic nitrogens is 2. The largest absolute Gasteiger partial charge is 0.399 e. The van der Waals surface area contributed by atoms with Crippen LogP contribution in [0.3, 0.4) is 0 Å². The van der Waals surface area contributed by atoms with Gasteiger partial charge in [0.1, 0.15) is 12.8 Å². The molecule has 0 unspecified atom stereocenters. The maximum Gasteiger partial charge on any atom is 0.217 e. The standard InChI is InChI=1S/C26H39N5O2/c1-18(2)20-7-9-21(10-8-20)30-14-11-22(12-15-30)31-25(17-28-19(3)32)24(16-29-33-4)23-6-5-13-27-26(23)31/h5-6,13,16,18,20-22H,7-12,14-15,17H2,1-4H3,(H,28,32)/b29-16-. The lowest BCUT2D eigenvalue weighted by Gasteiger charge is -2.42. The molecular formula is C26H39N5O2. The number of carbonyl (C=O) groups excluding carboxylic acids is 1. The van der Waals surface area contributed by atoms with Crippen molar-refractivity contribution in [3.63, 3.8) is 0 Å². The van der Waals surface area contributed by atoms with Crippen LogP contribution in [0.4, 0.5) is 0 Å². The van der Waals surface area contributed by atoms with E-state index in [1.54, 1.807) is 20.2 Å². The van der Waals surface area contributed by atoms with Crippen molar-refractivity contribution in [1.29, 1.82) is 0 Å². The monoisotopic (exact) mass is 453 g/mol. The number of fused-ring (bicyclic) bond motifs is 1. The predicted octanol–water partition coefficient (Wildman–Crippen LogP) is 4.50. The number of oxime groups is 1. The van der Waals surface area contributed by atoms with E-state index in [0.29, 0.717) is 12.6 Å². The van der Waals surface area contributed by atoms with E-state index in [9.17, 15) is 4.79 Å². The van der Waals surface area contributed by atoms with Gasteiger partial charge in [-0.1, -0.05) is 19.0 Å². The molecule has 0 aromatic carbocycles. The molecule has 0 spiro atoms. The van der Waals surface area contributed by atoms with Crippen LogP contribution in [0.2, 0.25) is 0 Å². The normalized spacial score (nSPS) is 22.9. The van der Waals surface area contributed by atoms with Crippen molar-refractivity contribution in [3.05, 3.63) is 29.6 Å². The van der Waals surface area contributed by atoms with E-state index in [0.717, 1.165) is 66.1 Å². The molecule has 0 atom stereocenters. The summed E-state index contributed by atoms with van der Waals surface area (Å²) < 4.78 is 2.36. The third-order valence-corrected chi connectivity index (χ3v) is 7.76. The molecular weight excluding hydrogens is 414 g/mol. The number of hydrogen-bond acceptors (Lipinski definition) is 5. The van der Waals surface area contributed by atoms with Crippen LogP contribution in [-0.2, 0) is 16.2 Å². The zero-order chi connectivity index (χ0) is 23.4. The number of piperidine rings is 1. The zero-order valence-corrected chi connectivity index (χ0v) is 20.6. The minimum absolute atomic E-state index is 0.0405. The number of pyridine rings is 1. The average Bonchev–Trinajstić information content (AvgIpc) is 3.14. The number of rotatable bonds is 7. The summed E-state index contributed by atoms with van der Waals surface area (Å²) in [5, 5.41) is 8.08. The van der Waals surface area contributed by atoms with Crippen molar-refractivity contribution >= 4 is 23.2 Å². The Bertz CT molecular complexity index is 966. The summed E-state index contributed by atoms with van der Waals surface area (Å²) in [4.78, 5) is 24.2. The quantitative estimate of drug-likeness (QED) is 0.495. The SMILES string of the molecule is CO/N=C\c1c(CNC(C)=O)n(C2CCN(C3CCC(C(C)C)CC3)CC2)c2ncccc12. The van der Waals surface area contributed by atoms with Gasteiger partial charge < -0.3 is 19.6 Å². The Balaban J connectivity index is 1.55. The van der Waals surface area contributed by atoms with Gasteiger partial charge in [0.15, 0.2) is 0 Å². The molecule has 1 aliphatic heterocycles. The lowest BCUT2D eigenvalue weighted by Crippen LogP contribution is -2.44. The molecule has 2 fully saturated rings. The summed E-state index contributed by atoms with van der Waals surface area (Å²) in [5.41, 5.74) is 2.99. The molecule has 2 aromatic rings. The van der Waals surface area contributed by atoms with Crippen molar-refractivity contribution in [2.24, 2.45) is 17.0 Å². The highest BCUT2D eigenvalue weighted by Gasteiger charge is 2.32. The van der Waals surface area contributed by atoms with Gasteiger partial charge in [0.05, 0.1) is 12.8 Å². The smallest absolute Gasteiger partial charge is 0.217 e. The molecule has 33 heavy (non-hydrogen) atoms. The minimum atomic E-state index is -0.0405. The van der Waals surface area contributed by atoms with Crippen molar-refractivity contribution in [3.8, 4) is 0 Å². The van der Waals surface area contributed by atoms with Gasteiger partial charge in [-0.15, -0.1) is 0 Å². The van der Waals surface area contributed by atoms with E-state index in [-0.39, 0.29) is 5.91 Å². The van der Waals surface area contributed by atoms with E-state index in [4.69, 9.17) is 9.82 Å². The molecule has 1 saturated carbocycles. The second kappa shape index (κ2) is 10.7. The summed E-state index contributed by atoms with van der Waals surface area (Å²) in [7, 11) is 1.55. The summed E-state index contributed by atoms with van der Waals surface area (Å²) in [5.74, 6) is 1.67. The molecule has 1 amide bonds. The van der Waals surface area contributed by atoms with Crippen LogP contribution in [0.5, 0.6) is 0 Å². The van der Waals surface area contributed by atoms with Crippen LogP contribution < -0.4 is 5.32 Å². The first-order valence-electron chi connectivity index (χ1n) is 12.5. The van der Waals surface area contributed by atoms with Crippen molar-refractivity contribution < 1.29 is 9.63 Å². The Kier molecular flexibility index (Phi) is 7.68. The first-order chi connectivity index (χ1) is 16.0. The Morgan fingerprint density at radius 1 is 1.21 bits per heavy atom. The van der Waals surface area contributed by atoms with Gasteiger partial charge in [-0.05, 0) is 62.5 Å². The zero-order valence-electron chi connectivity index (χ0n) is 20.6. The third kappa shape index (κ3) is 5.24. The highest BCUT2D eigenvalue weighted by Crippen LogP contribution is 2.36. The van der Waals surface area contributed by atoms with Gasteiger partial charge in [0, 0.05) is 54.9 Å². The van der Waals surface area contributed by atoms with Crippen LogP contribution in [0.25, 0.3) is 11.0 Å². The van der Waals surface area contributed by atoms with Crippen LogP contribution in [0.1, 0.15) is 76.6 Å². The number of nitrogens with one attached hydrogen (secondary N) is 1. The number of hydrogen-bond donors (Lipinski definition) is 1. The molecule has 180 valence electrons.